The number of carbonyl (C=O) groups is 2. The minimum atomic E-state index is -0.718. The van der Waals surface area contributed by atoms with Gasteiger partial charge in [0.1, 0.15) is 11.6 Å². The molecule has 1 aliphatic rings. The van der Waals surface area contributed by atoms with Gasteiger partial charge in [-0.15, -0.1) is 11.3 Å². The highest BCUT2D eigenvalue weighted by Crippen LogP contribution is 2.24. The molecule has 0 saturated heterocycles. The molecule has 0 spiro atoms. The number of rotatable bonds is 6. The maximum atomic E-state index is 13.8. The van der Waals surface area contributed by atoms with E-state index < -0.39 is 11.6 Å². The molecule has 5 nitrogen and oxygen atoms in total. The first-order valence-electron chi connectivity index (χ1n) is 10.8. The monoisotopic (exact) mass is 479 g/mol. The number of carbonyl (C=O) groups excluding carboxylic acids is 2. The quantitative estimate of drug-likeness (QED) is 0.523. The second-order valence-electron chi connectivity index (χ2n) is 7.87. The summed E-state index contributed by atoms with van der Waals surface area (Å²) in [5.74, 6) is -1.96. The fourth-order valence-electron chi connectivity index (χ4n) is 3.85. The third kappa shape index (κ3) is 5.46. The van der Waals surface area contributed by atoms with Crippen LogP contribution in [0.4, 0.5) is 8.78 Å². The molecule has 0 fully saturated rings. The number of nitrogens with zero attached hydrogens (tertiary/aromatic N) is 2. The van der Waals surface area contributed by atoms with Gasteiger partial charge in [0.25, 0.3) is 0 Å². The molecular formula is C26H23F2N3O2S. The maximum absolute atomic E-state index is 13.8. The first kappa shape index (κ1) is 23.5. The van der Waals surface area contributed by atoms with Crippen molar-refractivity contribution in [2.75, 3.05) is 6.54 Å². The number of pyridine rings is 1. The van der Waals surface area contributed by atoms with Crippen LogP contribution in [-0.2, 0) is 29.1 Å². The summed E-state index contributed by atoms with van der Waals surface area (Å²) in [6.07, 6.45) is 7.98. The molecule has 3 aromatic rings. The minimum Gasteiger partial charge on any atom is -0.348 e. The van der Waals surface area contributed by atoms with Crippen LogP contribution < -0.4 is 5.32 Å². The number of hydrogen-bond donors (Lipinski definition) is 1. The average molecular weight is 480 g/mol. The van der Waals surface area contributed by atoms with Gasteiger partial charge in [-0.05, 0) is 65.8 Å². The van der Waals surface area contributed by atoms with E-state index in [1.165, 1.54) is 24.3 Å². The van der Waals surface area contributed by atoms with E-state index in [2.05, 4.69) is 10.3 Å². The average Bonchev–Trinajstić information content (AvgIpc) is 3.35. The SMILES string of the molecule is Cc1ncc2c(c1CNC(=O)/C=C/c1cccs1)CCN(C(=O)/C=C/c1c(F)cccc1F)C2. The topological polar surface area (TPSA) is 62.3 Å². The highest BCUT2D eigenvalue weighted by Gasteiger charge is 2.23. The third-order valence-corrected chi connectivity index (χ3v) is 6.52. The lowest BCUT2D eigenvalue weighted by Crippen LogP contribution is -2.36. The number of aryl methyl sites for hydroxylation is 1. The van der Waals surface area contributed by atoms with Gasteiger partial charge in [-0.2, -0.15) is 0 Å². The summed E-state index contributed by atoms with van der Waals surface area (Å²) in [6, 6.07) is 7.44. The number of halogens is 2. The fraction of sp³-hybridized carbons (Fsp3) is 0.192. The number of thiophene rings is 1. The Hall–Kier alpha value is -3.65. The van der Waals surface area contributed by atoms with E-state index in [1.54, 1.807) is 28.5 Å². The molecule has 0 atom stereocenters. The van der Waals surface area contributed by atoms with Crippen molar-refractivity contribution < 1.29 is 18.4 Å². The summed E-state index contributed by atoms with van der Waals surface area (Å²) in [5.41, 5.74) is 3.51. The smallest absolute Gasteiger partial charge is 0.246 e. The normalized spacial score (nSPS) is 13.4. The van der Waals surface area contributed by atoms with Crippen molar-refractivity contribution in [3.63, 3.8) is 0 Å². The lowest BCUT2D eigenvalue weighted by molar-refractivity contribution is -0.126. The molecule has 0 saturated carbocycles. The molecule has 174 valence electrons. The van der Waals surface area contributed by atoms with Gasteiger partial charge >= 0.3 is 0 Å². The van der Waals surface area contributed by atoms with E-state index in [9.17, 15) is 18.4 Å². The fourth-order valence-corrected chi connectivity index (χ4v) is 4.47. The molecule has 1 N–H and O–H groups in total. The van der Waals surface area contributed by atoms with Crippen LogP contribution in [0.15, 0.2) is 54.1 Å². The molecule has 2 aromatic heterocycles. The zero-order valence-electron chi connectivity index (χ0n) is 18.6. The Balaban J connectivity index is 1.42. The molecular weight excluding hydrogens is 456 g/mol. The number of amides is 2. The third-order valence-electron chi connectivity index (χ3n) is 5.68. The number of fused-ring (bicyclic) bond motifs is 1. The summed E-state index contributed by atoms with van der Waals surface area (Å²) in [5, 5.41) is 4.86. The van der Waals surface area contributed by atoms with Gasteiger partial charge in [0, 0.05) is 54.1 Å². The van der Waals surface area contributed by atoms with Gasteiger partial charge in [0.05, 0.1) is 0 Å². The van der Waals surface area contributed by atoms with Crippen molar-refractivity contribution >= 4 is 35.3 Å². The zero-order valence-corrected chi connectivity index (χ0v) is 19.4. The van der Waals surface area contributed by atoms with Crippen molar-refractivity contribution in [1.82, 2.24) is 15.2 Å². The highest BCUT2D eigenvalue weighted by atomic mass is 32.1. The molecule has 0 unspecified atom stereocenters. The van der Waals surface area contributed by atoms with E-state index in [4.69, 9.17) is 0 Å². The number of benzene rings is 1. The molecule has 0 radical (unpaired) electrons. The van der Waals surface area contributed by atoms with Crippen LogP contribution in [0.25, 0.3) is 12.2 Å². The number of hydrogen-bond acceptors (Lipinski definition) is 4. The Labute approximate surface area is 200 Å². The Morgan fingerprint density at radius 3 is 2.68 bits per heavy atom. The van der Waals surface area contributed by atoms with E-state index in [0.29, 0.717) is 26.1 Å². The summed E-state index contributed by atoms with van der Waals surface area (Å²) in [7, 11) is 0. The molecule has 0 aliphatic carbocycles. The molecule has 1 aromatic carbocycles. The summed E-state index contributed by atoms with van der Waals surface area (Å²) < 4.78 is 27.6. The molecule has 1 aliphatic heterocycles. The maximum Gasteiger partial charge on any atom is 0.246 e. The zero-order chi connectivity index (χ0) is 24.1. The van der Waals surface area contributed by atoms with Crippen LogP contribution in [0.1, 0.15) is 32.8 Å². The van der Waals surface area contributed by atoms with Crippen LogP contribution in [0.2, 0.25) is 0 Å². The van der Waals surface area contributed by atoms with E-state index in [1.807, 2.05) is 24.4 Å². The van der Waals surface area contributed by atoms with Gasteiger partial charge < -0.3 is 10.2 Å². The predicted octanol–water partition coefficient (Wildman–Crippen LogP) is 4.66. The lowest BCUT2D eigenvalue weighted by atomic mass is 9.94. The van der Waals surface area contributed by atoms with Gasteiger partial charge in [-0.3, -0.25) is 14.6 Å². The van der Waals surface area contributed by atoms with Gasteiger partial charge in [0.15, 0.2) is 0 Å². The molecule has 8 heteroatoms. The minimum absolute atomic E-state index is 0.191. The Bertz CT molecular complexity index is 1250. The van der Waals surface area contributed by atoms with Crippen molar-refractivity contribution in [3.05, 3.63) is 98.5 Å². The summed E-state index contributed by atoms with van der Waals surface area (Å²) in [6.45, 7) is 3.03. The summed E-state index contributed by atoms with van der Waals surface area (Å²) >= 11 is 1.56. The molecule has 0 bridgehead atoms. The van der Waals surface area contributed by atoms with Gasteiger partial charge in [-0.25, -0.2) is 8.78 Å². The van der Waals surface area contributed by atoms with Crippen molar-refractivity contribution in [3.8, 4) is 0 Å². The molecule has 34 heavy (non-hydrogen) atoms. The van der Waals surface area contributed by atoms with Crippen molar-refractivity contribution in [2.24, 2.45) is 0 Å². The molecule has 2 amide bonds. The lowest BCUT2D eigenvalue weighted by Gasteiger charge is -2.29. The molecule has 4 rings (SSSR count). The second kappa shape index (κ2) is 10.5. The van der Waals surface area contributed by atoms with E-state index in [-0.39, 0.29) is 17.4 Å². The second-order valence-corrected chi connectivity index (χ2v) is 8.85. The van der Waals surface area contributed by atoms with Crippen LogP contribution in [-0.4, -0.2) is 28.2 Å². The van der Waals surface area contributed by atoms with E-state index >= 15 is 0 Å². The van der Waals surface area contributed by atoms with Crippen molar-refractivity contribution in [1.29, 1.82) is 0 Å². The molecule has 3 heterocycles. The van der Waals surface area contributed by atoms with Crippen LogP contribution in [0.3, 0.4) is 0 Å². The number of nitrogens with one attached hydrogen (secondary N) is 1. The van der Waals surface area contributed by atoms with Gasteiger partial charge in [-0.1, -0.05) is 12.1 Å². The van der Waals surface area contributed by atoms with Crippen LogP contribution in [0, 0.1) is 18.6 Å². The predicted molar refractivity (Wildman–Crippen MR) is 129 cm³/mol. The first-order chi connectivity index (χ1) is 16.4. The first-order valence-corrected chi connectivity index (χ1v) is 11.7. The highest BCUT2D eigenvalue weighted by molar-refractivity contribution is 7.10. The Morgan fingerprint density at radius 2 is 1.94 bits per heavy atom. The number of aromatic nitrogens is 1. The van der Waals surface area contributed by atoms with E-state index in [0.717, 1.165) is 39.4 Å². The Kier molecular flexibility index (Phi) is 7.27. The van der Waals surface area contributed by atoms with Crippen molar-refractivity contribution in [2.45, 2.75) is 26.4 Å². The van der Waals surface area contributed by atoms with Gasteiger partial charge in [0.2, 0.25) is 11.8 Å². The summed E-state index contributed by atoms with van der Waals surface area (Å²) in [4.78, 5) is 31.9. The Morgan fingerprint density at radius 1 is 1.15 bits per heavy atom. The standard InChI is InChI=1S/C26H23F2N3O2S/c1-17-22(15-30-25(32)9-7-19-4-3-13-34-19)20-11-12-31(16-18(20)14-29-17)26(33)10-8-21-23(27)5-2-6-24(21)28/h2-10,13-14H,11-12,15-16H2,1H3,(H,30,32)/b9-7+,10-8+. The van der Waals surface area contributed by atoms with Crippen LogP contribution in [0.5, 0.6) is 0 Å². The van der Waals surface area contributed by atoms with Crippen LogP contribution >= 0.6 is 11.3 Å². The largest absolute Gasteiger partial charge is 0.348 e.